The van der Waals surface area contributed by atoms with E-state index in [1.54, 1.807) is 0 Å². The van der Waals surface area contributed by atoms with Crippen molar-refractivity contribution < 1.29 is 4.74 Å². The van der Waals surface area contributed by atoms with Gasteiger partial charge in [-0.15, -0.1) is 0 Å². The van der Waals surface area contributed by atoms with Crippen molar-refractivity contribution in [3.8, 4) is 0 Å². The summed E-state index contributed by atoms with van der Waals surface area (Å²) in [6.07, 6.45) is 2.92. The molecule has 0 fully saturated rings. The van der Waals surface area contributed by atoms with Crippen LogP contribution in [-0.2, 0) is 11.3 Å². The largest absolute Gasteiger partial charge is 0.376 e. The highest BCUT2D eigenvalue weighted by atomic mass is 16.5. The van der Waals surface area contributed by atoms with E-state index >= 15 is 0 Å². The molecule has 0 spiro atoms. The van der Waals surface area contributed by atoms with E-state index < -0.39 is 0 Å². The van der Waals surface area contributed by atoms with Crippen LogP contribution in [0, 0.1) is 5.92 Å². The number of hydrazine groups is 1. The quantitative estimate of drug-likeness (QED) is 0.549. The molecule has 0 aliphatic carbocycles. The van der Waals surface area contributed by atoms with Gasteiger partial charge >= 0.3 is 0 Å². The molecule has 5 nitrogen and oxygen atoms in total. The van der Waals surface area contributed by atoms with Crippen LogP contribution in [0.15, 0.2) is 12.3 Å². The maximum atomic E-state index is 5.83. The lowest BCUT2D eigenvalue weighted by Crippen LogP contribution is -2.42. The average molecular weight is 254 g/mol. The van der Waals surface area contributed by atoms with Crippen LogP contribution in [0.25, 0.3) is 0 Å². The van der Waals surface area contributed by atoms with E-state index in [2.05, 4.69) is 31.3 Å². The van der Waals surface area contributed by atoms with E-state index in [9.17, 15) is 0 Å². The lowest BCUT2D eigenvalue weighted by molar-refractivity contribution is 0.000661. The number of hydrogen-bond donors (Lipinski definition) is 2. The maximum absolute atomic E-state index is 5.83. The highest BCUT2D eigenvalue weighted by Gasteiger charge is 2.28. The van der Waals surface area contributed by atoms with Gasteiger partial charge in [0, 0.05) is 19.3 Å². The minimum absolute atomic E-state index is 0.0287. The van der Waals surface area contributed by atoms with Crippen molar-refractivity contribution in [2.24, 2.45) is 11.8 Å². The van der Waals surface area contributed by atoms with Crippen molar-refractivity contribution in [2.75, 3.05) is 6.61 Å². The number of nitrogens with one attached hydrogen (secondary N) is 1. The Morgan fingerprint density at radius 3 is 2.67 bits per heavy atom. The van der Waals surface area contributed by atoms with Gasteiger partial charge in [-0.05, 0) is 25.3 Å². The second kappa shape index (κ2) is 7.51. The summed E-state index contributed by atoms with van der Waals surface area (Å²) in [4.78, 5) is 0. The predicted molar refractivity (Wildman–Crippen MR) is 72.8 cm³/mol. The molecule has 1 rings (SSSR count). The van der Waals surface area contributed by atoms with Gasteiger partial charge in [0.1, 0.15) is 0 Å². The van der Waals surface area contributed by atoms with Crippen LogP contribution in [0.4, 0.5) is 0 Å². The molecule has 0 aromatic carbocycles. The number of ether oxygens (including phenoxy) is 1. The fraction of sp³-hybridized carbons (Fsp3) is 0.769. The third-order valence-electron chi connectivity index (χ3n) is 3.03. The molecule has 18 heavy (non-hydrogen) atoms. The Labute approximate surface area is 110 Å². The molecule has 104 valence electrons. The summed E-state index contributed by atoms with van der Waals surface area (Å²) < 4.78 is 7.83. The Morgan fingerprint density at radius 1 is 1.44 bits per heavy atom. The zero-order valence-corrected chi connectivity index (χ0v) is 11.9. The number of rotatable bonds is 8. The monoisotopic (exact) mass is 254 g/mol. The van der Waals surface area contributed by atoms with E-state index in [0.717, 1.165) is 18.7 Å². The van der Waals surface area contributed by atoms with Gasteiger partial charge in [0.15, 0.2) is 0 Å². The molecule has 1 heterocycles. The summed E-state index contributed by atoms with van der Waals surface area (Å²) >= 11 is 0. The number of aromatic nitrogens is 2. The van der Waals surface area contributed by atoms with E-state index in [0.29, 0.717) is 12.5 Å². The molecule has 0 saturated heterocycles. The second-order valence-corrected chi connectivity index (χ2v) is 4.79. The van der Waals surface area contributed by atoms with Gasteiger partial charge in [-0.1, -0.05) is 20.8 Å². The van der Waals surface area contributed by atoms with Crippen molar-refractivity contribution in [3.05, 3.63) is 18.0 Å². The fourth-order valence-corrected chi connectivity index (χ4v) is 2.22. The van der Waals surface area contributed by atoms with Crippen molar-refractivity contribution in [3.63, 3.8) is 0 Å². The Balaban J connectivity index is 2.95. The zero-order valence-electron chi connectivity index (χ0n) is 11.9. The van der Waals surface area contributed by atoms with Crippen molar-refractivity contribution in [1.29, 1.82) is 0 Å². The third kappa shape index (κ3) is 3.54. The summed E-state index contributed by atoms with van der Waals surface area (Å²) in [5.74, 6) is 6.11. The first kappa shape index (κ1) is 15.1. The molecule has 0 radical (unpaired) electrons. The molecule has 3 N–H and O–H groups in total. The van der Waals surface area contributed by atoms with Crippen molar-refractivity contribution in [1.82, 2.24) is 15.2 Å². The van der Waals surface area contributed by atoms with E-state index in [1.807, 2.05) is 23.9 Å². The standard InChI is InChI=1S/C13H26N4O/c1-5-9-17-11(7-8-15-17)12(16-14)13(10(3)4)18-6-2/h7-8,10,12-13,16H,5-6,9,14H2,1-4H3. The first-order chi connectivity index (χ1) is 8.65. The Bertz CT molecular complexity index is 337. The van der Waals surface area contributed by atoms with E-state index in [-0.39, 0.29) is 12.1 Å². The van der Waals surface area contributed by atoms with Crippen LogP contribution < -0.4 is 11.3 Å². The van der Waals surface area contributed by atoms with Crippen LogP contribution in [0.1, 0.15) is 45.9 Å². The molecule has 0 saturated carbocycles. The summed E-state index contributed by atoms with van der Waals surface area (Å²) in [5, 5.41) is 4.34. The predicted octanol–water partition coefficient (Wildman–Crippen LogP) is 1.86. The number of aryl methyl sites for hydroxylation is 1. The molecule has 0 aliphatic rings. The average Bonchev–Trinajstić information content (AvgIpc) is 2.78. The maximum Gasteiger partial charge on any atom is 0.0892 e. The molecule has 1 aromatic heterocycles. The van der Waals surface area contributed by atoms with Gasteiger partial charge in [-0.2, -0.15) is 5.10 Å². The first-order valence-electron chi connectivity index (χ1n) is 6.75. The van der Waals surface area contributed by atoms with Gasteiger partial charge in [-0.3, -0.25) is 10.5 Å². The van der Waals surface area contributed by atoms with Gasteiger partial charge < -0.3 is 4.74 Å². The smallest absolute Gasteiger partial charge is 0.0892 e. The van der Waals surface area contributed by atoms with Gasteiger partial charge in [0.2, 0.25) is 0 Å². The topological polar surface area (TPSA) is 65.1 Å². The highest BCUT2D eigenvalue weighted by Crippen LogP contribution is 2.24. The van der Waals surface area contributed by atoms with Crippen LogP contribution in [0.5, 0.6) is 0 Å². The van der Waals surface area contributed by atoms with Crippen molar-refractivity contribution >= 4 is 0 Å². The Morgan fingerprint density at radius 2 is 2.17 bits per heavy atom. The van der Waals surface area contributed by atoms with Crippen LogP contribution >= 0.6 is 0 Å². The molecule has 5 heteroatoms. The molecule has 0 aliphatic heterocycles. The molecule has 2 unspecified atom stereocenters. The number of hydrogen-bond acceptors (Lipinski definition) is 4. The summed E-state index contributed by atoms with van der Waals surface area (Å²) in [7, 11) is 0. The Kier molecular flexibility index (Phi) is 6.32. The number of nitrogens with two attached hydrogens (primary N) is 1. The molecular formula is C13H26N4O. The minimum Gasteiger partial charge on any atom is -0.376 e. The third-order valence-corrected chi connectivity index (χ3v) is 3.03. The zero-order chi connectivity index (χ0) is 13.5. The van der Waals surface area contributed by atoms with E-state index in [4.69, 9.17) is 10.6 Å². The lowest BCUT2D eigenvalue weighted by Gasteiger charge is -2.29. The molecule has 0 bridgehead atoms. The van der Waals surface area contributed by atoms with E-state index in [1.165, 1.54) is 0 Å². The fourth-order valence-electron chi connectivity index (χ4n) is 2.22. The van der Waals surface area contributed by atoms with Crippen LogP contribution in [0.2, 0.25) is 0 Å². The minimum atomic E-state index is -0.0287. The van der Waals surface area contributed by atoms with Crippen molar-refractivity contribution in [2.45, 2.75) is 52.8 Å². The normalized spacial score (nSPS) is 15.0. The highest BCUT2D eigenvalue weighted by molar-refractivity contribution is 5.09. The summed E-state index contributed by atoms with van der Waals surface area (Å²) in [6, 6.07) is 1.98. The summed E-state index contributed by atoms with van der Waals surface area (Å²) in [6.45, 7) is 10.0. The SMILES string of the molecule is CCCn1nccc1C(NN)C(OCC)C(C)C. The van der Waals surface area contributed by atoms with Gasteiger partial charge in [0.25, 0.3) is 0 Å². The molecule has 1 aromatic rings. The van der Waals surface area contributed by atoms with Crippen LogP contribution in [0.3, 0.4) is 0 Å². The molecule has 2 atom stereocenters. The Hall–Kier alpha value is -0.910. The second-order valence-electron chi connectivity index (χ2n) is 4.79. The molecular weight excluding hydrogens is 228 g/mol. The first-order valence-corrected chi connectivity index (χ1v) is 6.75. The van der Waals surface area contributed by atoms with Gasteiger partial charge in [0.05, 0.1) is 17.8 Å². The molecule has 0 amide bonds. The van der Waals surface area contributed by atoms with Gasteiger partial charge in [-0.25, -0.2) is 5.43 Å². The van der Waals surface area contributed by atoms with Crippen LogP contribution in [-0.4, -0.2) is 22.5 Å². The lowest BCUT2D eigenvalue weighted by atomic mass is 9.97. The number of nitrogens with zero attached hydrogens (tertiary/aromatic N) is 2. The summed E-state index contributed by atoms with van der Waals surface area (Å²) in [5.41, 5.74) is 3.97.